The standard InChI is InChI=1S/C20H27O4/c1-3-5-10-14-23-19(21)18(16-17-12-8-7-9-13-17)20(22)24-15-11-6-4-2/h8-9,12-13,16H,3-6,10-11,14-15H2,1-2H3. The largest absolute Gasteiger partial charge is 0.462 e. The van der Waals surface area contributed by atoms with E-state index in [0.29, 0.717) is 13.2 Å². The van der Waals surface area contributed by atoms with Crippen molar-refractivity contribution < 1.29 is 19.1 Å². The lowest BCUT2D eigenvalue weighted by Gasteiger charge is -2.09. The number of rotatable bonds is 11. The highest BCUT2D eigenvalue weighted by atomic mass is 16.6. The summed E-state index contributed by atoms with van der Waals surface area (Å²) in [6.45, 7) is 4.78. The fourth-order valence-corrected chi connectivity index (χ4v) is 2.05. The molecule has 0 unspecified atom stereocenters. The molecule has 0 aliphatic carbocycles. The van der Waals surface area contributed by atoms with Crippen molar-refractivity contribution in [1.29, 1.82) is 0 Å². The Labute approximate surface area is 144 Å². The molecule has 0 amide bonds. The first-order chi connectivity index (χ1) is 11.7. The molecular formula is C20H27O4. The third-order valence-corrected chi connectivity index (χ3v) is 3.46. The van der Waals surface area contributed by atoms with Crippen LogP contribution in [0, 0.1) is 6.07 Å². The van der Waals surface area contributed by atoms with Crippen LogP contribution in [0.1, 0.15) is 57.9 Å². The maximum Gasteiger partial charge on any atom is 0.345 e. The van der Waals surface area contributed by atoms with Crippen LogP contribution in [-0.4, -0.2) is 25.2 Å². The molecule has 0 bridgehead atoms. The van der Waals surface area contributed by atoms with Crippen LogP contribution in [0.4, 0.5) is 0 Å². The summed E-state index contributed by atoms with van der Waals surface area (Å²) in [6, 6.07) is 9.89. The first-order valence-electron chi connectivity index (χ1n) is 8.71. The van der Waals surface area contributed by atoms with E-state index in [1.807, 2.05) is 0 Å². The minimum atomic E-state index is -0.626. The first-order valence-corrected chi connectivity index (χ1v) is 8.71. The second kappa shape index (κ2) is 12.3. The van der Waals surface area contributed by atoms with Gasteiger partial charge < -0.3 is 9.47 Å². The zero-order chi connectivity index (χ0) is 17.6. The maximum atomic E-state index is 12.2. The molecule has 1 rings (SSSR count). The zero-order valence-electron chi connectivity index (χ0n) is 14.7. The summed E-state index contributed by atoms with van der Waals surface area (Å²) < 4.78 is 10.4. The van der Waals surface area contributed by atoms with Gasteiger partial charge in [0, 0.05) is 0 Å². The average Bonchev–Trinajstić information content (AvgIpc) is 2.61. The van der Waals surface area contributed by atoms with Gasteiger partial charge in [-0.1, -0.05) is 63.8 Å². The van der Waals surface area contributed by atoms with Gasteiger partial charge in [-0.3, -0.25) is 0 Å². The second-order valence-electron chi connectivity index (χ2n) is 5.58. The predicted octanol–water partition coefficient (Wildman–Crippen LogP) is 4.34. The molecule has 0 aliphatic rings. The van der Waals surface area contributed by atoms with Gasteiger partial charge in [0.25, 0.3) is 0 Å². The van der Waals surface area contributed by atoms with Gasteiger partial charge in [0.1, 0.15) is 5.57 Å². The minimum absolute atomic E-state index is 0.0609. The van der Waals surface area contributed by atoms with E-state index in [4.69, 9.17) is 9.47 Å². The number of ether oxygens (including phenoxy) is 2. The SMILES string of the molecule is CCCCCOC(=O)C(=Cc1cc[c]cc1)C(=O)OCCCCC. The molecule has 0 saturated carbocycles. The number of unbranched alkanes of at least 4 members (excludes halogenated alkanes) is 4. The van der Waals surface area contributed by atoms with Crippen LogP contribution < -0.4 is 0 Å². The van der Waals surface area contributed by atoms with Crippen molar-refractivity contribution in [3.05, 3.63) is 41.5 Å². The third-order valence-electron chi connectivity index (χ3n) is 3.46. The molecule has 24 heavy (non-hydrogen) atoms. The summed E-state index contributed by atoms with van der Waals surface area (Å²) in [5, 5.41) is 0. The summed E-state index contributed by atoms with van der Waals surface area (Å²) >= 11 is 0. The van der Waals surface area contributed by atoms with Gasteiger partial charge in [0.05, 0.1) is 13.2 Å². The Hall–Kier alpha value is -2.10. The van der Waals surface area contributed by atoms with Crippen molar-refractivity contribution >= 4 is 18.0 Å². The van der Waals surface area contributed by atoms with E-state index in [0.717, 1.165) is 44.1 Å². The monoisotopic (exact) mass is 331 g/mol. The molecule has 0 fully saturated rings. The molecule has 0 saturated heterocycles. The van der Waals surface area contributed by atoms with E-state index in [1.165, 1.54) is 6.08 Å². The Kier molecular flexibility index (Phi) is 10.3. The molecule has 0 aromatic heterocycles. The molecule has 0 heterocycles. The maximum absolute atomic E-state index is 12.2. The molecule has 0 spiro atoms. The van der Waals surface area contributed by atoms with E-state index in [2.05, 4.69) is 19.9 Å². The fraction of sp³-hybridized carbons (Fsp3) is 0.500. The van der Waals surface area contributed by atoms with E-state index >= 15 is 0 Å². The van der Waals surface area contributed by atoms with E-state index in [-0.39, 0.29) is 5.57 Å². The number of hydrogen-bond donors (Lipinski definition) is 0. The lowest BCUT2D eigenvalue weighted by atomic mass is 10.1. The van der Waals surface area contributed by atoms with Crippen molar-refractivity contribution in [3.8, 4) is 0 Å². The average molecular weight is 331 g/mol. The normalized spacial score (nSPS) is 10.1. The summed E-state index contributed by atoms with van der Waals surface area (Å²) in [7, 11) is 0. The van der Waals surface area contributed by atoms with Crippen LogP contribution in [0.5, 0.6) is 0 Å². The zero-order valence-corrected chi connectivity index (χ0v) is 14.7. The summed E-state index contributed by atoms with van der Waals surface area (Å²) in [5.41, 5.74) is 0.675. The molecular weight excluding hydrogens is 304 g/mol. The number of carbonyl (C=O) groups excluding carboxylic acids is 2. The highest BCUT2D eigenvalue weighted by molar-refractivity contribution is 6.17. The Morgan fingerprint density at radius 1 is 0.917 bits per heavy atom. The van der Waals surface area contributed by atoms with Gasteiger partial charge in [0.2, 0.25) is 0 Å². The van der Waals surface area contributed by atoms with Crippen molar-refractivity contribution in [2.75, 3.05) is 13.2 Å². The number of esters is 2. The van der Waals surface area contributed by atoms with Crippen LogP contribution in [0.15, 0.2) is 29.8 Å². The van der Waals surface area contributed by atoms with E-state index in [9.17, 15) is 9.59 Å². The van der Waals surface area contributed by atoms with Crippen LogP contribution in [0.2, 0.25) is 0 Å². The number of carbonyl (C=O) groups is 2. The molecule has 1 radical (unpaired) electrons. The molecule has 0 aliphatic heterocycles. The van der Waals surface area contributed by atoms with Crippen LogP contribution in [-0.2, 0) is 19.1 Å². The molecule has 4 nitrogen and oxygen atoms in total. The van der Waals surface area contributed by atoms with Gasteiger partial charge in [-0.25, -0.2) is 9.59 Å². The highest BCUT2D eigenvalue weighted by Crippen LogP contribution is 2.11. The highest BCUT2D eigenvalue weighted by Gasteiger charge is 2.21. The predicted molar refractivity (Wildman–Crippen MR) is 94.2 cm³/mol. The molecule has 0 N–H and O–H groups in total. The van der Waals surface area contributed by atoms with E-state index < -0.39 is 11.9 Å². The molecule has 1 aromatic rings. The van der Waals surface area contributed by atoms with Crippen molar-refractivity contribution in [2.45, 2.75) is 52.4 Å². The van der Waals surface area contributed by atoms with Gasteiger partial charge in [-0.05, 0) is 30.5 Å². The van der Waals surface area contributed by atoms with Crippen LogP contribution >= 0.6 is 0 Å². The van der Waals surface area contributed by atoms with Gasteiger partial charge in [-0.15, -0.1) is 0 Å². The van der Waals surface area contributed by atoms with Gasteiger partial charge >= 0.3 is 11.9 Å². The number of benzene rings is 1. The Balaban J connectivity index is 2.73. The molecule has 1 aromatic carbocycles. The van der Waals surface area contributed by atoms with Crippen LogP contribution in [0.25, 0.3) is 6.08 Å². The number of hydrogen-bond acceptors (Lipinski definition) is 4. The Morgan fingerprint density at radius 3 is 1.88 bits per heavy atom. The quantitative estimate of drug-likeness (QED) is 0.199. The molecule has 131 valence electrons. The topological polar surface area (TPSA) is 52.6 Å². The van der Waals surface area contributed by atoms with Crippen molar-refractivity contribution in [1.82, 2.24) is 0 Å². The molecule has 4 heteroatoms. The van der Waals surface area contributed by atoms with Crippen molar-refractivity contribution in [3.63, 3.8) is 0 Å². The lowest BCUT2D eigenvalue weighted by molar-refractivity contribution is -0.147. The molecule has 0 atom stereocenters. The van der Waals surface area contributed by atoms with Gasteiger partial charge in [-0.2, -0.15) is 0 Å². The smallest absolute Gasteiger partial charge is 0.345 e. The summed E-state index contributed by atoms with van der Waals surface area (Å²) in [6.07, 6.45) is 7.16. The van der Waals surface area contributed by atoms with E-state index in [1.54, 1.807) is 24.3 Å². The van der Waals surface area contributed by atoms with Crippen LogP contribution in [0.3, 0.4) is 0 Å². The summed E-state index contributed by atoms with van der Waals surface area (Å²) in [5.74, 6) is -1.25. The third kappa shape index (κ3) is 7.95. The Bertz CT molecular complexity index is 494. The Morgan fingerprint density at radius 2 is 1.42 bits per heavy atom. The minimum Gasteiger partial charge on any atom is -0.462 e. The first kappa shape index (κ1) is 19.9. The van der Waals surface area contributed by atoms with Gasteiger partial charge in [0.15, 0.2) is 0 Å². The summed E-state index contributed by atoms with van der Waals surface area (Å²) in [4.78, 5) is 24.5. The fourth-order valence-electron chi connectivity index (χ4n) is 2.05. The lowest BCUT2D eigenvalue weighted by Crippen LogP contribution is -2.19. The second-order valence-corrected chi connectivity index (χ2v) is 5.58. The van der Waals surface area contributed by atoms with Crippen molar-refractivity contribution in [2.24, 2.45) is 0 Å².